The Bertz CT molecular complexity index is 1040. The highest BCUT2D eigenvalue weighted by Crippen LogP contribution is 2.22. The van der Waals surface area contributed by atoms with Crippen LogP contribution in [0.5, 0.6) is 0 Å². The van der Waals surface area contributed by atoms with Crippen LogP contribution < -0.4 is 5.32 Å². The number of carbonyl (C=O) groups is 1. The molecule has 0 radical (unpaired) electrons. The first-order chi connectivity index (χ1) is 16.4. The van der Waals surface area contributed by atoms with E-state index in [-0.39, 0.29) is 11.9 Å². The Morgan fingerprint density at radius 1 is 0.971 bits per heavy atom. The van der Waals surface area contributed by atoms with Gasteiger partial charge in [-0.05, 0) is 49.4 Å². The Labute approximate surface area is 203 Å². The van der Waals surface area contributed by atoms with E-state index in [9.17, 15) is 13.2 Å². The summed E-state index contributed by atoms with van der Waals surface area (Å²) in [6.45, 7) is 7.17. The molecule has 1 N–H and O–H groups in total. The number of hydrogen-bond acceptors (Lipinski definition) is 5. The van der Waals surface area contributed by atoms with Crippen LogP contribution in [-0.4, -0.2) is 69.5 Å². The fraction of sp³-hybridized carbons (Fsp3) is 0.500. The van der Waals surface area contributed by atoms with Gasteiger partial charge in [-0.1, -0.05) is 42.0 Å². The molecule has 184 valence electrons. The average Bonchev–Trinajstić information content (AvgIpc) is 3.40. The van der Waals surface area contributed by atoms with E-state index in [0.29, 0.717) is 30.8 Å². The van der Waals surface area contributed by atoms with E-state index in [2.05, 4.69) is 41.4 Å². The van der Waals surface area contributed by atoms with Gasteiger partial charge in [0.25, 0.3) is 0 Å². The summed E-state index contributed by atoms with van der Waals surface area (Å²) in [6.07, 6.45) is 2.75. The van der Waals surface area contributed by atoms with Crippen LogP contribution in [0, 0.1) is 6.92 Å². The third kappa shape index (κ3) is 6.44. The number of morpholine rings is 1. The number of hydrogen-bond donors (Lipinski definition) is 1. The predicted octanol–water partition coefficient (Wildman–Crippen LogP) is 2.90. The summed E-state index contributed by atoms with van der Waals surface area (Å²) in [4.78, 5) is 15.5. The lowest BCUT2D eigenvalue weighted by Crippen LogP contribution is -2.43. The molecule has 2 heterocycles. The fourth-order valence-corrected chi connectivity index (χ4v) is 6.02. The lowest BCUT2D eigenvalue weighted by molar-refractivity contribution is -0.122. The van der Waals surface area contributed by atoms with Crippen molar-refractivity contribution in [1.29, 1.82) is 0 Å². The average molecular weight is 486 g/mol. The number of nitrogens with zero attached hydrogens (tertiary/aromatic N) is 2. The first kappa shape index (κ1) is 24.9. The Hall–Kier alpha value is -2.26. The van der Waals surface area contributed by atoms with E-state index in [4.69, 9.17) is 4.74 Å². The SMILES string of the molecule is Cc1ccc(C(CN2CCOCC2)NC(=O)CCc2ccc(S(=O)(=O)N3CCCC3)cc2)cc1. The van der Waals surface area contributed by atoms with E-state index in [1.165, 1.54) is 5.56 Å². The number of aryl methyl sites for hydroxylation is 2. The highest BCUT2D eigenvalue weighted by atomic mass is 32.2. The minimum atomic E-state index is -3.41. The molecule has 4 rings (SSSR count). The van der Waals surface area contributed by atoms with Gasteiger partial charge in [-0.3, -0.25) is 9.69 Å². The van der Waals surface area contributed by atoms with Crippen molar-refractivity contribution in [3.05, 3.63) is 65.2 Å². The van der Waals surface area contributed by atoms with Crippen molar-refractivity contribution < 1.29 is 17.9 Å². The Morgan fingerprint density at radius 2 is 1.62 bits per heavy atom. The van der Waals surface area contributed by atoms with Crippen molar-refractivity contribution in [2.75, 3.05) is 45.9 Å². The monoisotopic (exact) mass is 485 g/mol. The van der Waals surface area contributed by atoms with Gasteiger partial charge in [0, 0.05) is 39.1 Å². The molecule has 2 saturated heterocycles. The minimum Gasteiger partial charge on any atom is -0.379 e. The van der Waals surface area contributed by atoms with Gasteiger partial charge >= 0.3 is 0 Å². The van der Waals surface area contributed by atoms with Gasteiger partial charge in [0.05, 0.1) is 24.2 Å². The first-order valence-electron chi connectivity index (χ1n) is 12.2. The maximum atomic E-state index is 12.9. The van der Waals surface area contributed by atoms with E-state index in [1.54, 1.807) is 16.4 Å². The highest BCUT2D eigenvalue weighted by Gasteiger charge is 2.27. The number of nitrogens with one attached hydrogen (secondary N) is 1. The molecule has 0 aliphatic carbocycles. The van der Waals surface area contributed by atoms with Gasteiger partial charge in [0.15, 0.2) is 0 Å². The van der Waals surface area contributed by atoms with Crippen molar-refractivity contribution >= 4 is 15.9 Å². The van der Waals surface area contributed by atoms with Gasteiger partial charge in [-0.15, -0.1) is 0 Å². The van der Waals surface area contributed by atoms with E-state index in [0.717, 1.165) is 56.8 Å². The summed E-state index contributed by atoms with van der Waals surface area (Å²) in [5, 5.41) is 3.22. The fourth-order valence-electron chi connectivity index (χ4n) is 4.51. The summed E-state index contributed by atoms with van der Waals surface area (Å²) < 4.78 is 32.4. The van der Waals surface area contributed by atoms with Crippen molar-refractivity contribution in [2.45, 2.75) is 43.5 Å². The molecular formula is C26H35N3O4S. The third-order valence-electron chi connectivity index (χ3n) is 6.63. The number of carbonyl (C=O) groups excluding carboxylic acids is 1. The molecule has 2 aromatic carbocycles. The van der Waals surface area contributed by atoms with Crippen molar-refractivity contribution in [3.8, 4) is 0 Å². The van der Waals surface area contributed by atoms with E-state index in [1.807, 2.05) is 12.1 Å². The molecule has 1 amide bonds. The molecule has 2 aromatic rings. The zero-order valence-corrected chi connectivity index (χ0v) is 20.7. The van der Waals surface area contributed by atoms with Crippen molar-refractivity contribution in [3.63, 3.8) is 0 Å². The summed E-state index contributed by atoms with van der Waals surface area (Å²) in [7, 11) is -3.41. The molecule has 1 unspecified atom stereocenters. The maximum Gasteiger partial charge on any atom is 0.243 e. The third-order valence-corrected chi connectivity index (χ3v) is 8.54. The Balaban J connectivity index is 1.35. The van der Waals surface area contributed by atoms with Crippen LogP contribution in [0.1, 0.15) is 42.0 Å². The number of benzene rings is 2. The zero-order chi connectivity index (χ0) is 24.0. The summed E-state index contributed by atoms with van der Waals surface area (Å²) in [5.74, 6) is -0.00685. The number of ether oxygens (including phenoxy) is 1. The lowest BCUT2D eigenvalue weighted by atomic mass is 10.0. The summed E-state index contributed by atoms with van der Waals surface area (Å²) in [5.41, 5.74) is 3.24. The Morgan fingerprint density at radius 3 is 2.26 bits per heavy atom. The van der Waals surface area contributed by atoms with Crippen LogP contribution in [0.15, 0.2) is 53.4 Å². The molecule has 0 saturated carbocycles. The van der Waals surface area contributed by atoms with Crippen molar-refractivity contribution in [1.82, 2.24) is 14.5 Å². The molecule has 34 heavy (non-hydrogen) atoms. The summed E-state index contributed by atoms with van der Waals surface area (Å²) >= 11 is 0. The van der Waals surface area contributed by atoms with Crippen molar-refractivity contribution in [2.24, 2.45) is 0 Å². The van der Waals surface area contributed by atoms with Gasteiger partial charge in [0.2, 0.25) is 15.9 Å². The number of sulfonamides is 1. The maximum absolute atomic E-state index is 12.9. The second kappa shape index (κ2) is 11.4. The van der Waals surface area contributed by atoms with E-state index >= 15 is 0 Å². The molecular weight excluding hydrogens is 450 g/mol. The molecule has 0 spiro atoms. The van der Waals surface area contributed by atoms with Crippen LogP contribution in [-0.2, 0) is 26.0 Å². The standard InChI is InChI=1S/C26H35N3O4S/c1-21-4-9-23(10-5-21)25(20-28-16-18-33-19-17-28)27-26(30)13-8-22-6-11-24(12-7-22)34(31,32)29-14-2-3-15-29/h4-7,9-12,25H,2-3,8,13-20H2,1H3,(H,27,30). The van der Waals surface area contributed by atoms with Gasteiger partial charge in [0.1, 0.15) is 0 Å². The molecule has 7 nitrogen and oxygen atoms in total. The zero-order valence-electron chi connectivity index (χ0n) is 19.9. The normalized spacial score (nSPS) is 18.6. The van der Waals surface area contributed by atoms with E-state index < -0.39 is 10.0 Å². The second-order valence-corrected chi connectivity index (χ2v) is 11.1. The topological polar surface area (TPSA) is 79.0 Å². The van der Waals surface area contributed by atoms with Crippen LogP contribution in [0.25, 0.3) is 0 Å². The number of amides is 1. The smallest absolute Gasteiger partial charge is 0.243 e. The minimum absolute atomic E-state index is 0.00685. The predicted molar refractivity (Wildman–Crippen MR) is 132 cm³/mol. The second-order valence-electron chi connectivity index (χ2n) is 9.20. The van der Waals surface area contributed by atoms with Crippen LogP contribution in [0.4, 0.5) is 0 Å². The summed E-state index contributed by atoms with van der Waals surface area (Å²) in [6, 6.07) is 15.2. The van der Waals surface area contributed by atoms with Crippen LogP contribution in [0.3, 0.4) is 0 Å². The molecule has 1 atom stereocenters. The molecule has 0 aromatic heterocycles. The van der Waals surface area contributed by atoms with Crippen LogP contribution in [0.2, 0.25) is 0 Å². The molecule has 2 aliphatic rings. The molecule has 2 aliphatic heterocycles. The lowest BCUT2D eigenvalue weighted by Gasteiger charge is -2.31. The molecule has 0 bridgehead atoms. The largest absolute Gasteiger partial charge is 0.379 e. The number of rotatable bonds is 9. The van der Waals surface area contributed by atoms with Gasteiger partial charge in [-0.2, -0.15) is 4.31 Å². The molecule has 2 fully saturated rings. The first-order valence-corrected chi connectivity index (χ1v) is 13.6. The van der Waals surface area contributed by atoms with Gasteiger partial charge < -0.3 is 10.1 Å². The van der Waals surface area contributed by atoms with Gasteiger partial charge in [-0.25, -0.2) is 8.42 Å². The highest BCUT2D eigenvalue weighted by molar-refractivity contribution is 7.89. The van der Waals surface area contributed by atoms with Crippen LogP contribution >= 0.6 is 0 Å². The molecule has 8 heteroatoms. The Kier molecular flexibility index (Phi) is 8.37. The quantitative estimate of drug-likeness (QED) is 0.591.